The number of aromatic nitrogens is 1. The van der Waals surface area contributed by atoms with Gasteiger partial charge in [0.05, 0.1) is 7.11 Å². The summed E-state index contributed by atoms with van der Waals surface area (Å²) in [5, 5.41) is 2.51. The largest absolute Gasteiger partial charge is 0.497 e. The lowest BCUT2D eigenvalue weighted by Gasteiger charge is -2.34. The predicted octanol–water partition coefficient (Wildman–Crippen LogP) is 2.42. The number of nitrogens with zero attached hydrogens (tertiary/aromatic N) is 3. The van der Waals surface area contributed by atoms with Crippen molar-refractivity contribution in [1.82, 2.24) is 19.7 Å². The zero-order valence-electron chi connectivity index (χ0n) is 20.8. The Morgan fingerprint density at radius 2 is 1.61 bits per heavy atom. The minimum Gasteiger partial charge on any atom is -0.497 e. The molecule has 8 nitrogen and oxygen atoms in total. The van der Waals surface area contributed by atoms with Gasteiger partial charge < -0.3 is 19.5 Å². The number of amides is 2. The average Bonchev–Trinajstić information content (AvgIpc) is 2.92. The number of carbonyl (C=O) groups excluding carboxylic acids is 2. The number of aryl methyl sites for hydroxylation is 2. The van der Waals surface area contributed by atoms with E-state index in [9.17, 15) is 14.4 Å². The number of methoxy groups -OCH3 is 1. The SMILES string of the molecule is CNC(=O)c1cn(CCc2ccccc2)cc(C(=O)N2CCN(Cc3cccc(OC)c3)CC2)c1=O. The van der Waals surface area contributed by atoms with Crippen molar-refractivity contribution < 1.29 is 14.3 Å². The lowest BCUT2D eigenvalue weighted by Crippen LogP contribution is -2.49. The minimum atomic E-state index is -0.533. The number of piperazine rings is 1. The van der Waals surface area contributed by atoms with E-state index in [0.717, 1.165) is 23.4 Å². The minimum absolute atomic E-state index is 0.0203. The molecule has 0 radical (unpaired) electrons. The molecule has 2 amide bonds. The molecule has 1 aliphatic rings. The molecule has 4 rings (SSSR count). The molecule has 1 fully saturated rings. The Balaban J connectivity index is 1.47. The van der Waals surface area contributed by atoms with Gasteiger partial charge in [-0.3, -0.25) is 19.3 Å². The molecular weight excluding hydrogens is 456 g/mol. The van der Waals surface area contributed by atoms with Crippen molar-refractivity contribution in [2.45, 2.75) is 19.5 Å². The summed E-state index contributed by atoms with van der Waals surface area (Å²) in [5.74, 6) is -0.00711. The molecule has 1 aliphatic heterocycles. The van der Waals surface area contributed by atoms with Crippen LogP contribution < -0.4 is 15.5 Å². The van der Waals surface area contributed by atoms with Gasteiger partial charge in [-0.05, 0) is 29.7 Å². The van der Waals surface area contributed by atoms with E-state index in [0.29, 0.717) is 39.1 Å². The lowest BCUT2D eigenvalue weighted by molar-refractivity contribution is 0.0626. The van der Waals surface area contributed by atoms with E-state index in [2.05, 4.69) is 16.3 Å². The van der Waals surface area contributed by atoms with Crippen LogP contribution in [0.3, 0.4) is 0 Å². The zero-order chi connectivity index (χ0) is 25.5. The van der Waals surface area contributed by atoms with Crippen molar-refractivity contribution in [3.05, 3.63) is 99.5 Å². The first-order valence-corrected chi connectivity index (χ1v) is 12.1. The molecule has 188 valence electrons. The number of nitrogens with one attached hydrogen (secondary N) is 1. The molecule has 2 heterocycles. The number of hydrogen-bond acceptors (Lipinski definition) is 5. The van der Waals surface area contributed by atoms with Crippen LogP contribution in [0.15, 0.2) is 71.8 Å². The third kappa shape index (κ3) is 6.01. The Kier molecular flexibility index (Phi) is 8.17. The topological polar surface area (TPSA) is 83.9 Å². The molecule has 0 unspecified atom stereocenters. The molecule has 0 spiro atoms. The molecule has 0 aliphatic carbocycles. The van der Waals surface area contributed by atoms with Gasteiger partial charge in [0, 0.05) is 58.7 Å². The van der Waals surface area contributed by atoms with Crippen LogP contribution in [0, 0.1) is 0 Å². The normalized spacial score (nSPS) is 13.9. The third-order valence-electron chi connectivity index (χ3n) is 6.48. The standard InChI is InChI=1S/C28H32N4O4/c1-29-27(34)24-19-31(12-11-21-7-4-3-5-8-21)20-25(26(24)33)28(35)32-15-13-30(14-16-32)18-22-9-6-10-23(17-22)36-2/h3-10,17,19-20H,11-16,18H2,1-2H3,(H,29,34). The molecule has 0 saturated carbocycles. The third-order valence-corrected chi connectivity index (χ3v) is 6.48. The highest BCUT2D eigenvalue weighted by molar-refractivity contribution is 5.99. The Labute approximate surface area is 211 Å². The van der Waals surface area contributed by atoms with Crippen molar-refractivity contribution in [3.8, 4) is 5.75 Å². The molecular formula is C28H32N4O4. The number of carbonyl (C=O) groups is 2. The first-order chi connectivity index (χ1) is 17.5. The lowest BCUT2D eigenvalue weighted by atomic mass is 10.1. The van der Waals surface area contributed by atoms with E-state index in [1.807, 2.05) is 48.5 Å². The van der Waals surface area contributed by atoms with Crippen molar-refractivity contribution >= 4 is 11.8 Å². The summed E-state index contributed by atoms with van der Waals surface area (Å²) in [4.78, 5) is 42.9. The fraction of sp³-hybridized carbons (Fsp3) is 0.321. The van der Waals surface area contributed by atoms with Crippen LogP contribution in [-0.2, 0) is 19.5 Å². The number of benzene rings is 2. The Hall–Kier alpha value is -3.91. The molecule has 0 atom stereocenters. The van der Waals surface area contributed by atoms with Crippen LogP contribution in [0.25, 0.3) is 0 Å². The monoisotopic (exact) mass is 488 g/mol. The summed E-state index contributed by atoms with van der Waals surface area (Å²) >= 11 is 0. The summed E-state index contributed by atoms with van der Waals surface area (Å²) < 4.78 is 7.08. The molecule has 1 saturated heterocycles. The van der Waals surface area contributed by atoms with E-state index >= 15 is 0 Å². The van der Waals surface area contributed by atoms with E-state index in [1.165, 1.54) is 13.2 Å². The fourth-order valence-electron chi connectivity index (χ4n) is 4.42. The van der Waals surface area contributed by atoms with Gasteiger partial charge in [0.1, 0.15) is 16.9 Å². The first kappa shape index (κ1) is 25.2. The van der Waals surface area contributed by atoms with Crippen LogP contribution in [0.1, 0.15) is 31.8 Å². The molecule has 0 bridgehead atoms. The van der Waals surface area contributed by atoms with Crippen molar-refractivity contribution in [3.63, 3.8) is 0 Å². The van der Waals surface area contributed by atoms with E-state index in [1.54, 1.807) is 22.8 Å². The molecule has 8 heteroatoms. The Bertz CT molecular complexity index is 1260. The maximum Gasteiger partial charge on any atom is 0.259 e. The molecule has 36 heavy (non-hydrogen) atoms. The van der Waals surface area contributed by atoms with Crippen LogP contribution in [0.5, 0.6) is 5.75 Å². The zero-order valence-corrected chi connectivity index (χ0v) is 20.8. The second-order valence-electron chi connectivity index (χ2n) is 8.89. The summed E-state index contributed by atoms with van der Waals surface area (Å²) in [6, 6.07) is 17.9. The molecule has 3 aromatic rings. The van der Waals surface area contributed by atoms with Gasteiger partial charge in [0.25, 0.3) is 11.8 Å². The molecule has 1 N–H and O–H groups in total. The summed E-state index contributed by atoms with van der Waals surface area (Å²) in [5.41, 5.74) is 1.76. The first-order valence-electron chi connectivity index (χ1n) is 12.1. The number of hydrogen-bond donors (Lipinski definition) is 1. The summed E-state index contributed by atoms with van der Waals surface area (Å²) in [7, 11) is 3.13. The molecule has 2 aromatic carbocycles. The highest BCUT2D eigenvalue weighted by atomic mass is 16.5. The van der Waals surface area contributed by atoms with Crippen molar-refractivity contribution in [2.75, 3.05) is 40.3 Å². The number of ether oxygens (including phenoxy) is 1. The van der Waals surface area contributed by atoms with E-state index in [-0.39, 0.29) is 17.0 Å². The van der Waals surface area contributed by atoms with Gasteiger partial charge in [0.2, 0.25) is 5.43 Å². The fourth-order valence-corrected chi connectivity index (χ4v) is 4.42. The molecule has 1 aromatic heterocycles. The van der Waals surface area contributed by atoms with Crippen molar-refractivity contribution in [1.29, 1.82) is 0 Å². The van der Waals surface area contributed by atoms with Gasteiger partial charge in [-0.15, -0.1) is 0 Å². The Morgan fingerprint density at radius 1 is 0.917 bits per heavy atom. The van der Waals surface area contributed by atoms with Gasteiger partial charge in [0.15, 0.2) is 0 Å². The number of pyridine rings is 1. The highest BCUT2D eigenvalue weighted by Crippen LogP contribution is 2.16. The average molecular weight is 489 g/mol. The summed E-state index contributed by atoms with van der Waals surface area (Å²) in [6.45, 7) is 3.72. The quantitative estimate of drug-likeness (QED) is 0.527. The predicted molar refractivity (Wildman–Crippen MR) is 138 cm³/mol. The second-order valence-corrected chi connectivity index (χ2v) is 8.89. The Morgan fingerprint density at radius 3 is 2.31 bits per heavy atom. The maximum absolute atomic E-state index is 13.4. The van der Waals surface area contributed by atoms with Gasteiger partial charge in [-0.2, -0.15) is 0 Å². The second kappa shape index (κ2) is 11.7. The van der Waals surface area contributed by atoms with Gasteiger partial charge in [-0.1, -0.05) is 42.5 Å². The summed E-state index contributed by atoms with van der Waals surface area (Å²) in [6.07, 6.45) is 3.84. The van der Waals surface area contributed by atoms with Gasteiger partial charge in [-0.25, -0.2) is 0 Å². The maximum atomic E-state index is 13.4. The number of rotatable bonds is 8. The van der Waals surface area contributed by atoms with Crippen LogP contribution >= 0.6 is 0 Å². The van der Waals surface area contributed by atoms with E-state index in [4.69, 9.17) is 4.74 Å². The van der Waals surface area contributed by atoms with Crippen LogP contribution in [0.4, 0.5) is 0 Å². The smallest absolute Gasteiger partial charge is 0.259 e. The van der Waals surface area contributed by atoms with E-state index < -0.39 is 11.3 Å². The van der Waals surface area contributed by atoms with Crippen LogP contribution in [0.2, 0.25) is 0 Å². The highest BCUT2D eigenvalue weighted by Gasteiger charge is 2.26. The van der Waals surface area contributed by atoms with Crippen LogP contribution in [-0.4, -0.2) is 66.5 Å². The van der Waals surface area contributed by atoms with Crippen molar-refractivity contribution in [2.24, 2.45) is 0 Å². The van der Waals surface area contributed by atoms with Gasteiger partial charge >= 0.3 is 0 Å².